The summed E-state index contributed by atoms with van der Waals surface area (Å²) in [6.45, 7) is 6.27. The van der Waals surface area contributed by atoms with E-state index in [9.17, 15) is 14.4 Å². The number of rotatable bonds is 60. The van der Waals surface area contributed by atoms with E-state index < -0.39 is 6.10 Å². The van der Waals surface area contributed by atoms with Gasteiger partial charge in [-0.05, 0) is 141 Å². The fourth-order valence-electron chi connectivity index (χ4n) is 9.04. The van der Waals surface area contributed by atoms with E-state index >= 15 is 0 Å². The number of carbonyl (C=O) groups is 3. The number of esters is 3. The molecule has 6 heteroatoms. The summed E-state index contributed by atoms with van der Waals surface area (Å²) in [5, 5.41) is 0. The number of carbonyl (C=O) groups excluding carboxylic acids is 3. The summed E-state index contributed by atoms with van der Waals surface area (Å²) < 4.78 is 16.9. The highest BCUT2D eigenvalue weighted by Gasteiger charge is 2.19. The van der Waals surface area contributed by atoms with E-state index in [1.165, 1.54) is 96.3 Å². The number of allylic oxidation sites excluding steroid dienone is 26. The van der Waals surface area contributed by atoms with Crippen molar-refractivity contribution in [3.8, 4) is 0 Å². The maximum Gasteiger partial charge on any atom is 0.306 e. The van der Waals surface area contributed by atoms with Gasteiger partial charge in [-0.15, -0.1) is 0 Å². The van der Waals surface area contributed by atoms with Crippen LogP contribution in [0.5, 0.6) is 0 Å². The lowest BCUT2D eigenvalue weighted by Gasteiger charge is -2.18. The average molecular weight is 1150 g/mol. The number of hydrogen-bond acceptors (Lipinski definition) is 6. The third kappa shape index (κ3) is 67.7. The zero-order chi connectivity index (χ0) is 59.9. The van der Waals surface area contributed by atoms with Gasteiger partial charge in [0.25, 0.3) is 0 Å². The zero-order valence-corrected chi connectivity index (χ0v) is 53.7. The molecular weight excluding hydrogens is 1020 g/mol. The Morgan fingerprint density at radius 2 is 0.434 bits per heavy atom. The monoisotopic (exact) mass is 1140 g/mol. The van der Waals surface area contributed by atoms with Gasteiger partial charge in [0.05, 0.1) is 0 Å². The van der Waals surface area contributed by atoms with Gasteiger partial charge in [0.1, 0.15) is 13.2 Å². The van der Waals surface area contributed by atoms with Gasteiger partial charge < -0.3 is 14.2 Å². The summed E-state index contributed by atoms with van der Waals surface area (Å²) in [6.07, 6.45) is 101. The Hall–Kier alpha value is -4.97. The molecule has 0 aromatic rings. The molecule has 0 spiro atoms. The minimum atomic E-state index is -0.804. The highest BCUT2D eigenvalue weighted by atomic mass is 16.6. The largest absolute Gasteiger partial charge is 0.462 e. The fraction of sp³-hybridized carbons (Fsp3) is 0.623. The minimum Gasteiger partial charge on any atom is -0.462 e. The Balaban J connectivity index is 4.36. The third-order valence-corrected chi connectivity index (χ3v) is 14.0. The minimum absolute atomic E-state index is 0.0967. The van der Waals surface area contributed by atoms with Crippen LogP contribution in [0.15, 0.2) is 158 Å². The second-order valence-corrected chi connectivity index (χ2v) is 21.9. The second kappa shape index (κ2) is 69.5. The van der Waals surface area contributed by atoms with Crippen LogP contribution in [0.2, 0.25) is 0 Å². The normalized spacial score (nSPS) is 13.1. The molecule has 0 aliphatic heterocycles. The Bertz CT molecular complexity index is 1840. The molecule has 0 aromatic heterocycles. The molecule has 6 nitrogen and oxygen atoms in total. The van der Waals surface area contributed by atoms with Gasteiger partial charge in [0.2, 0.25) is 0 Å². The molecule has 0 N–H and O–H groups in total. The molecule has 0 fully saturated rings. The van der Waals surface area contributed by atoms with Gasteiger partial charge in [0, 0.05) is 19.3 Å². The lowest BCUT2D eigenvalue weighted by molar-refractivity contribution is -0.167. The molecule has 0 heterocycles. The van der Waals surface area contributed by atoms with Crippen LogP contribution in [0, 0.1) is 0 Å². The summed E-state index contributed by atoms with van der Waals surface area (Å²) in [5.41, 5.74) is 0. The van der Waals surface area contributed by atoms with Crippen LogP contribution in [0.4, 0.5) is 0 Å². The molecular formula is C77H124O6. The topological polar surface area (TPSA) is 78.9 Å². The molecule has 1 unspecified atom stereocenters. The van der Waals surface area contributed by atoms with Gasteiger partial charge in [-0.25, -0.2) is 0 Å². The first-order valence-electron chi connectivity index (χ1n) is 34.0. The van der Waals surface area contributed by atoms with Crippen molar-refractivity contribution in [3.05, 3.63) is 158 Å². The van der Waals surface area contributed by atoms with E-state index in [2.05, 4.69) is 179 Å². The molecule has 0 saturated heterocycles. The molecule has 0 amide bonds. The van der Waals surface area contributed by atoms with Gasteiger partial charge in [-0.2, -0.15) is 0 Å². The molecule has 0 aromatic carbocycles. The van der Waals surface area contributed by atoms with E-state index in [1.807, 2.05) is 0 Å². The van der Waals surface area contributed by atoms with Gasteiger partial charge >= 0.3 is 17.9 Å². The van der Waals surface area contributed by atoms with Gasteiger partial charge in [-0.1, -0.05) is 288 Å². The first-order chi connectivity index (χ1) is 41.0. The van der Waals surface area contributed by atoms with Crippen LogP contribution in [0.1, 0.15) is 290 Å². The predicted octanol–water partition coefficient (Wildman–Crippen LogP) is 23.7. The molecule has 0 aliphatic rings. The Labute approximate surface area is 511 Å². The predicted molar refractivity (Wildman–Crippen MR) is 362 cm³/mol. The molecule has 0 saturated carbocycles. The zero-order valence-electron chi connectivity index (χ0n) is 53.7. The molecule has 0 rings (SSSR count). The van der Waals surface area contributed by atoms with Crippen molar-refractivity contribution in [3.63, 3.8) is 0 Å². The van der Waals surface area contributed by atoms with E-state index in [-0.39, 0.29) is 31.1 Å². The number of ether oxygens (including phenoxy) is 3. The SMILES string of the molecule is CC/C=C\C/C=C\C/C=C\C/C=C\C/C=C\CCCCCCCCCCCCCC(=O)OCC(COC(=O)CCCCC/C=C\C/C=C\C/C=C\CC)OC(=O)CCCCCCCCCCC/C=C\C/C=C\C/C=C\C/C=C\C/C=C\CC. The van der Waals surface area contributed by atoms with E-state index in [0.29, 0.717) is 19.3 Å². The number of hydrogen-bond donors (Lipinski definition) is 0. The summed E-state index contributed by atoms with van der Waals surface area (Å²) in [5.74, 6) is -0.935. The molecule has 0 bridgehead atoms. The summed E-state index contributed by atoms with van der Waals surface area (Å²) >= 11 is 0. The van der Waals surface area contributed by atoms with Crippen LogP contribution < -0.4 is 0 Å². The van der Waals surface area contributed by atoms with Crippen molar-refractivity contribution < 1.29 is 28.6 Å². The van der Waals surface area contributed by atoms with E-state index in [1.54, 1.807) is 0 Å². The molecule has 468 valence electrons. The maximum atomic E-state index is 12.9. The highest BCUT2D eigenvalue weighted by Crippen LogP contribution is 2.16. The molecule has 0 radical (unpaired) electrons. The Morgan fingerprint density at radius 3 is 0.687 bits per heavy atom. The Kier molecular flexibility index (Phi) is 65.4. The van der Waals surface area contributed by atoms with Gasteiger partial charge in [0.15, 0.2) is 6.10 Å². The smallest absolute Gasteiger partial charge is 0.306 e. The first kappa shape index (κ1) is 78.0. The summed E-state index contributed by atoms with van der Waals surface area (Å²) in [7, 11) is 0. The first-order valence-corrected chi connectivity index (χ1v) is 34.0. The van der Waals surface area contributed by atoms with Crippen LogP contribution in [0.3, 0.4) is 0 Å². The molecule has 1 atom stereocenters. The van der Waals surface area contributed by atoms with Crippen LogP contribution in [-0.4, -0.2) is 37.2 Å². The van der Waals surface area contributed by atoms with E-state index in [0.717, 1.165) is 154 Å². The van der Waals surface area contributed by atoms with Crippen molar-refractivity contribution >= 4 is 17.9 Å². The van der Waals surface area contributed by atoms with Crippen LogP contribution in [0.25, 0.3) is 0 Å². The Morgan fingerprint density at radius 1 is 0.241 bits per heavy atom. The van der Waals surface area contributed by atoms with Crippen LogP contribution in [-0.2, 0) is 28.6 Å². The van der Waals surface area contributed by atoms with Crippen molar-refractivity contribution in [1.29, 1.82) is 0 Å². The van der Waals surface area contributed by atoms with E-state index in [4.69, 9.17) is 14.2 Å². The standard InChI is InChI=1S/C77H124O6/c1-4-7-10-13-16-19-22-25-27-29-31-33-35-37-38-40-41-43-45-47-49-52-55-58-61-64-67-70-76(79)82-73-74(72-81-75(78)69-66-63-60-57-54-51-24-21-18-15-12-9-6-3)83-77(80)71-68-65-62-59-56-53-50-48-46-44-42-39-36-34-32-30-28-26-23-20-17-14-11-8-5-2/h7-12,16-21,25-28,31-34,37-39,42,51,54,74H,4-6,13-15,22-24,29-30,35-36,40-41,43-50,52-53,55-73H2,1-3H3/b10-7-,11-8-,12-9-,19-16-,20-17-,21-18-,27-25-,28-26-,33-31-,34-32-,38-37-,42-39-,54-51-. The lowest BCUT2D eigenvalue weighted by Crippen LogP contribution is -2.30. The highest BCUT2D eigenvalue weighted by molar-refractivity contribution is 5.71. The average Bonchev–Trinajstić information content (AvgIpc) is 3.49. The lowest BCUT2D eigenvalue weighted by atomic mass is 10.0. The summed E-state index contributed by atoms with van der Waals surface area (Å²) in [4.78, 5) is 38.4. The maximum absolute atomic E-state index is 12.9. The van der Waals surface area contributed by atoms with Gasteiger partial charge in [-0.3, -0.25) is 14.4 Å². The van der Waals surface area contributed by atoms with Crippen molar-refractivity contribution in [1.82, 2.24) is 0 Å². The number of unbranched alkanes of at least 4 members (excludes halogenated alkanes) is 23. The quantitative estimate of drug-likeness (QED) is 0.0261. The molecule has 83 heavy (non-hydrogen) atoms. The molecule has 0 aliphatic carbocycles. The van der Waals surface area contributed by atoms with Crippen molar-refractivity contribution in [2.75, 3.05) is 13.2 Å². The third-order valence-electron chi connectivity index (χ3n) is 14.0. The fourth-order valence-corrected chi connectivity index (χ4v) is 9.04. The van der Waals surface area contributed by atoms with Crippen LogP contribution >= 0.6 is 0 Å². The second-order valence-electron chi connectivity index (χ2n) is 21.9. The summed E-state index contributed by atoms with van der Waals surface area (Å²) in [6, 6.07) is 0. The van der Waals surface area contributed by atoms with Crippen molar-refractivity contribution in [2.45, 2.75) is 297 Å². The van der Waals surface area contributed by atoms with Crippen molar-refractivity contribution in [2.24, 2.45) is 0 Å².